The summed E-state index contributed by atoms with van der Waals surface area (Å²) < 4.78 is 5.00. The Balaban J connectivity index is 2.17. The van der Waals surface area contributed by atoms with Gasteiger partial charge in [0.05, 0.1) is 5.54 Å². The molecule has 0 saturated heterocycles. The molecule has 0 spiro atoms. The van der Waals surface area contributed by atoms with Gasteiger partial charge in [0.2, 0.25) is 5.89 Å². The highest BCUT2D eigenvalue weighted by atomic mass is 16.5. The van der Waals surface area contributed by atoms with Crippen molar-refractivity contribution in [1.82, 2.24) is 10.1 Å². The number of nitrogens with zero attached hydrogens (tertiary/aromatic N) is 2. The molecular formula is C11H19N3O. The van der Waals surface area contributed by atoms with E-state index < -0.39 is 5.54 Å². The highest BCUT2D eigenvalue weighted by molar-refractivity contribution is 5.04. The third kappa shape index (κ3) is 2.04. The molecule has 1 heterocycles. The summed E-state index contributed by atoms with van der Waals surface area (Å²) in [6.45, 7) is 3.82. The van der Waals surface area contributed by atoms with Crippen LogP contribution in [0.25, 0.3) is 0 Å². The number of nitrogens with two attached hydrogens (primary N) is 1. The van der Waals surface area contributed by atoms with Gasteiger partial charge in [-0.25, -0.2) is 0 Å². The van der Waals surface area contributed by atoms with E-state index in [9.17, 15) is 0 Å². The van der Waals surface area contributed by atoms with Crippen molar-refractivity contribution < 1.29 is 4.52 Å². The van der Waals surface area contributed by atoms with Gasteiger partial charge in [0.1, 0.15) is 0 Å². The smallest absolute Gasteiger partial charge is 0.223 e. The molecule has 1 aromatic rings. The van der Waals surface area contributed by atoms with Crippen LogP contribution in [0.4, 0.5) is 0 Å². The molecule has 1 saturated carbocycles. The number of hydrogen-bond acceptors (Lipinski definition) is 4. The summed E-state index contributed by atoms with van der Waals surface area (Å²) in [5, 5.41) is 3.95. The quantitative estimate of drug-likeness (QED) is 0.810. The van der Waals surface area contributed by atoms with Crippen molar-refractivity contribution in [3.05, 3.63) is 11.7 Å². The number of rotatable bonds is 2. The molecule has 0 radical (unpaired) electrons. The molecule has 1 fully saturated rings. The van der Waals surface area contributed by atoms with E-state index in [4.69, 9.17) is 10.3 Å². The standard InChI is InChI=1S/C11H19N3O/c1-8-13-10(14-15-8)11(2,12)9-6-4-3-5-7-9/h9H,3-7,12H2,1-2H3. The van der Waals surface area contributed by atoms with Crippen LogP contribution in [0.2, 0.25) is 0 Å². The normalized spacial score (nSPS) is 22.6. The zero-order valence-electron chi connectivity index (χ0n) is 9.49. The van der Waals surface area contributed by atoms with Crippen LogP contribution in [-0.4, -0.2) is 10.1 Å². The molecule has 84 valence electrons. The van der Waals surface area contributed by atoms with E-state index >= 15 is 0 Å². The summed E-state index contributed by atoms with van der Waals surface area (Å²) in [7, 11) is 0. The van der Waals surface area contributed by atoms with E-state index in [-0.39, 0.29) is 0 Å². The van der Waals surface area contributed by atoms with Crippen molar-refractivity contribution in [2.45, 2.75) is 51.5 Å². The minimum atomic E-state index is -0.432. The average Bonchev–Trinajstić information content (AvgIpc) is 2.67. The van der Waals surface area contributed by atoms with Gasteiger partial charge in [0, 0.05) is 6.92 Å². The lowest BCUT2D eigenvalue weighted by molar-refractivity contribution is 0.209. The molecule has 0 bridgehead atoms. The predicted molar refractivity (Wildman–Crippen MR) is 57.1 cm³/mol. The maximum atomic E-state index is 6.34. The van der Waals surface area contributed by atoms with Crippen LogP contribution in [0.5, 0.6) is 0 Å². The molecule has 0 aromatic carbocycles. The lowest BCUT2D eigenvalue weighted by Gasteiger charge is -2.34. The molecule has 1 aliphatic carbocycles. The monoisotopic (exact) mass is 209 g/mol. The predicted octanol–water partition coefficient (Wildman–Crippen LogP) is 2.13. The summed E-state index contributed by atoms with van der Waals surface area (Å²) in [5.41, 5.74) is 5.91. The zero-order chi connectivity index (χ0) is 10.9. The number of aromatic nitrogens is 2. The van der Waals surface area contributed by atoms with Crippen LogP contribution < -0.4 is 5.73 Å². The van der Waals surface area contributed by atoms with Crippen LogP contribution >= 0.6 is 0 Å². The van der Waals surface area contributed by atoms with E-state index in [1.165, 1.54) is 32.1 Å². The molecule has 0 aliphatic heterocycles. The summed E-state index contributed by atoms with van der Waals surface area (Å²) in [5.74, 6) is 1.74. The van der Waals surface area contributed by atoms with E-state index in [0.717, 1.165) is 0 Å². The van der Waals surface area contributed by atoms with Gasteiger partial charge in [-0.3, -0.25) is 0 Å². The van der Waals surface area contributed by atoms with E-state index in [2.05, 4.69) is 10.1 Å². The van der Waals surface area contributed by atoms with E-state index in [1.807, 2.05) is 6.92 Å². The zero-order valence-corrected chi connectivity index (χ0v) is 9.49. The van der Waals surface area contributed by atoms with Gasteiger partial charge in [-0.2, -0.15) is 4.98 Å². The van der Waals surface area contributed by atoms with Gasteiger partial charge in [-0.1, -0.05) is 24.4 Å². The van der Waals surface area contributed by atoms with Crippen molar-refractivity contribution in [1.29, 1.82) is 0 Å². The fraction of sp³-hybridized carbons (Fsp3) is 0.818. The van der Waals surface area contributed by atoms with Crippen molar-refractivity contribution >= 4 is 0 Å². The summed E-state index contributed by atoms with van der Waals surface area (Å²) in [6, 6.07) is 0. The maximum Gasteiger partial charge on any atom is 0.223 e. The average molecular weight is 209 g/mol. The minimum Gasteiger partial charge on any atom is -0.340 e. The minimum absolute atomic E-state index is 0.432. The van der Waals surface area contributed by atoms with E-state index in [0.29, 0.717) is 17.6 Å². The fourth-order valence-corrected chi connectivity index (χ4v) is 2.40. The van der Waals surface area contributed by atoms with Crippen LogP contribution in [0.15, 0.2) is 4.52 Å². The van der Waals surface area contributed by atoms with Crippen molar-refractivity contribution in [3.8, 4) is 0 Å². The molecule has 1 unspecified atom stereocenters. The topological polar surface area (TPSA) is 64.9 Å². The summed E-state index contributed by atoms with van der Waals surface area (Å²) >= 11 is 0. The second kappa shape index (κ2) is 3.93. The van der Waals surface area contributed by atoms with Crippen LogP contribution in [0.3, 0.4) is 0 Å². The van der Waals surface area contributed by atoms with Gasteiger partial charge in [0.25, 0.3) is 0 Å². The largest absolute Gasteiger partial charge is 0.340 e. The van der Waals surface area contributed by atoms with Gasteiger partial charge in [-0.15, -0.1) is 0 Å². The third-order valence-electron chi connectivity index (χ3n) is 3.46. The Morgan fingerprint density at radius 2 is 2.00 bits per heavy atom. The molecule has 2 rings (SSSR count). The van der Waals surface area contributed by atoms with Crippen molar-refractivity contribution in [2.24, 2.45) is 11.7 Å². The Morgan fingerprint density at radius 1 is 1.33 bits per heavy atom. The molecular weight excluding hydrogens is 190 g/mol. The van der Waals surface area contributed by atoms with Gasteiger partial charge < -0.3 is 10.3 Å². The summed E-state index contributed by atoms with van der Waals surface area (Å²) in [6.07, 6.45) is 6.24. The second-order valence-corrected chi connectivity index (χ2v) is 4.75. The molecule has 4 nitrogen and oxygen atoms in total. The lowest BCUT2D eigenvalue weighted by Crippen LogP contribution is -2.43. The second-order valence-electron chi connectivity index (χ2n) is 4.75. The lowest BCUT2D eigenvalue weighted by atomic mass is 9.76. The first-order chi connectivity index (χ1) is 7.10. The molecule has 1 aliphatic rings. The Labute approximate surface area is 90.2 Å². The van der Waals surface area contributed by atoms with Crippen LogP contribution in [-0.2, 0) is 5.54 Å². The first-order valence-corrected chi connectivity index (χ1v) is 5.70. The Bertz CT molecular complexity index is 326. The van der Waals surface area contributed by atoms with Gasteiger partial charge >= 0.3 is 0 Å². The fourth-order valence-electron chi connectivity index (χ4n) is 2.40. The molecule has 1 aromatic heterocycles. The molecule has 15 heavy (non-hydrogen) atoms. The Hall–Kier alpha value is -0.900. The Morgan fingerprint density at radius 3 is 2.53 bits per heavy atom. The van der Waals surface area contributed by atoms with Crippen molar-refractivity contribution in [2.75, 3.05) is 0 Å². The SMILES string of the molecule is Cc1nc(C(C)(N)C2CCCCC2)no1. The molecule has 4 heteroatoms. The van der Waals surface area contributed by atoms with Crippen molar-refractivity contribution in [3.63, 3.8) is 0 Å². The highest BCUT2D eigenvalue weighted by Gasteiger charge is 2.36. The van der Waals surface area contributed by atoms with Gasteiger partial charge in [-0.05, 0) is 25.7 Å². The molecule has 2 N–H and O–H groups in total. The van der Waals surface area contributed by atoms with Crippen LogP contribution in [0, 0.1) is 12.8 Å². The number of hydrogen-bond donors (Lipinski definition) is 1. The highest BCUT2D eigenvalue weighted by Crippen LogP contribution is 2.35. The van der Waals surface area contributed by atoms with E-state index in [1.54, 1.807) is 6.92 Å². The van der Waals surface area contributed by atoms with Gasteiger partial charge in [0.15, 0.2) is 5.82 Å². The molecule has 0 amide bonds. The first kappa shape index (κ1) is 10.6. The maximum absolute atomic E-state index is 6.34. The number of aryl methyl sites for hydroxylation is 1. The first-order valence-electron chi connectivity index (χ1n) is 5.70. The summed E-state index contributed by atoms with van der Waals surface area (Å²) in [4.78, 5) is 4.25. The molecule has 1 atom stereocenters. The third-order valence-corrected chi connectivity index (χ3v) is 3.46. The Kier molecular flexibility index (Phi) is 2.78. The van der Waals surface area contributed by atoms with Crippen LogP contribution in [0.1, 0.15) is 50.7 Å².